The number of nitrogens with zero attached hydrogens (tertiary/aromatic N) is 1. The van der Waals surface area contributed by atoms with Gasteiger partial charge in [0.15, 0.2) is 1.41 Å². The molecule has 1 heterocycles. The molecule has 0 aromatic carbocycles. The van der Waals surface area contributed by atoms with E-state index in [1.54, 1.807) is 5.73 Å². The van der Waals surface area contributed by atoms with E-state index < -0.39 is 6.09 Å². The molecule has 5 heteroatoms. The minimum atomic E-state index is -0.784. The molecule has 0 aromatic rings. The van der Waals surface area contributed by atoms with Crippen molar-refractivity contribution in [3.8, 4) is 0 Å². The van der Waals surface area contributed by atoms with Crippen LogP contribution in [-0.2, 0) is 4.74 Å². The molecule has 0 fully saturated rings. The molecule has 0 atom stereocenters. The zero-order valence-electron chi connectivity index (χ0n) is 5.59. The standard InChI is InChI=1S/C4H6N2O2S/c5-3(7)8-4-6-1-2-9-4/h1-2H2,(H2,5,7)/i/hD. The van der Waals surface area contributed by atoms with Crippen molar-refractivity contribution in [3.05, 3.63) is 0 Å². The van der Waals surface area contributed by atoms with Gasteiger partial charge in [0.05, 0.1) is 6.54 Å². The van der Waals surface area contributed by atoms with E-state index >= 15 is 0 Å². The van der Waals surface area contributed by atoms with Crippen molar-refractivity contribution in [2.24, 2.45) is 10.7 Å². The first kappa shape index (κ1) is 5.10. The first-order valence-corrected chi connectivity index (χ1v) is 3.38. The maximum atomic E-state index is 10.4. The van der Waals surface area contributed by atoms with Crippen molar-refractivity contribution in [1.82, 2.24) is 0 Å². The fourth-order valence-electron chi connectivity index (χ4n) is 0.457. The Balaban J connectivity index is 2.30. The molecule has 1 aliphatic rings. The fourth-order valence-corrected chi connectivity index (χ4v) is 1.13. The topological polar surface area (TPSA) is 64.7 Å². The molecule has 0 bridgehead atoms. The average molecular weight is 147 g/mol. The van der Waals surface area contributed by atoms with Gasteiger partial charge < -0.3 is 10.5 Å². The Morgan fingerprint density at radius 2 is 3.00 bits per heavy atom. The lowest BCUT2D eigenvalue weighted by Crippen LogP contribution is -2.15. The Morgan fingerprint density at radius 1 is 2.11 bits per heavy atom. The summed E-state index contributed by atoms with van der Waals surface area (Å²) in [5.74, 6) is 0.848. The van der Waals surface area contributed by atoms with Crippen LogP contribution in [0, 0.1) is 0 Å². The first-order chi connectivity index (χ1) is 4.83. The lowest BCUT2D eigenvalue weighted by Gasteiger charge is -1.94. The van der Waals surface area contributed by atoms with Crippen LogP contribution in [0.5, 0.6) is 0 Å². The summed E-state index contributed by atoms with van der Waals surface area (Å²) < 4.78 is 10.9. The van der Waals surface area contributed by atoms with Crippen LogP contribution in [-0.4, -0.2) is 23.6 Å². The highest BCUT2D eigenvalue weighted by Gasteiger charge is 2.09. The molecule has 2 N–H and O–H groups in total. The number of carbonyl (C=O) groups excluding carboxylic acids is 1. The third-order valence-corrected chi connectivity index (χ3v) is 1.58. The SMILES string of the molecule is [2H]NC(=O)OC1=NCCS1. The van der Waals surface area contributed by atoms with Gasteiger partial charge in [-0.1, -0.05) is 11.8 Å². The normalized spacial score (nSPS) is 18.2. The Labute approximate surface area is 57.9 Å². The maximum absolute atomic E-state index is 10.4. The highest BCUT2D eigenvalue weighted by atomic mass is 32.2. The number of thioether (sulfide) groups is 1. The predicted octanol–water partition coefficient (Wildman–Crippen LogP) is 0.185. The maximum Gasteiger partial charge on any atom is 0.411 e. The minimum Gasteiger partial charge on any atom is -0.385 e. The summed E-state index contributed by atoms with van der Waals surface area (Å²) in [6, 6.07) is 0. The van der Waals surface area contributed by atoms with E-state index in [0.29, 0.717) is 11.8 Å². The van der Waals surface area contributed by atoms with Gasteiger partial charge in [0.2, 0.25) is 0 Å². The summed E-state index contributed by atoms with van der Waals surface area (Å²) in [5.41, 5.74) is 1.59. The Bertz CT molecular complexity index is 173. The van der Waals surface area contributed by atoms with Gasteiger partial charge >= 0.3 is 6.09 Å². The van der Waals surface area contributed by atoms with Gasteiger partial charge in [0, 0.05) is 5.75 Å². The van der Waals surface area contributed by atoms with Crippen molar-refractivity contribution in [1.29, 1.82) is 0 Å². The van der Waals surface area contributed by atoms with Crippen LogP contribution in [0.25, 0.3) is 0 Å². The largest absolute Gasteiger partial charge is 0.411 e. The molecule has 50 valence electrons. The van der Waals surface area contributed by atoms with Crippen LogP contribution in [0.3, 0.4) is 0 Å². The van der Waals surface area contributed by atoms with Crippen molar-refractivity contribution >= 4 is 23.1 Å². The van der Waals surface area contributed by atoms with Crippen LogP contribution < -0.4 is 5.73 Å². The molecule has 0 spiro atoms. The van der Waals surface area contributed by atoms with Crippen molar-refractivity contribution < 1.29 is 10.9 Å². The van der Waals surface area contributed by atoms with E-state index in [-0.39, 0.29) is 0 Å². The lowest BCUT2D eigenvalue weighted by atomic mass is 10.8. The van der Waals surface area contributed by atoms with E-state index in [2.05, 4.69) is 9.73 Å². The molecule has 4 nitrogen and oxygen atoms in total. The number of rotatable bonds is 0. The highest BCUT2D eigenvalue weighted by Crippen LogP contribution is 2.11. The van der Waals surface area contributed by atoms with Gasteiger partial charge in [0.1, 0.15) is 0 Å². The fraction of sp³-hybridized carbons (Fsp3) is 0.500. The number of amides is 1. The molecule has 0 radical (unpaired) electrons. The monoisotopic (exact) mass is 147 g/mol. The molecule has 0 saturated heterocycles. The molecule has 1 aliphatic heterocycles. The molecule has 0 aliphatic carbocycles. The second-order valence-corrected chi connectivity index (χ2v) is 2.43. The molecule has 1 amide bonds. The van der Waals surface area contributed by atoms with Gasteiger partial charge in [-0.2, -0.15) is 0 Å². The Hall–Kier alpha value is -0.710. The number of aliphatic imine (C=N–C) groups is 1. The molecular weight excluding hydrogens is 140 g/mol. The van der Waals surface area contributed by atoms with Crippen molar-refractivity contribution in [2.75, 3.05) is 12.3 Å². The molecule has 0 unspecified atom stereocenters. The Morgan fingerprint density at radius 3 is 3.56 bits per heavy atom. The number of primary amides is 1. The van der Waals surface area contributed by atoms with Crippen LogP contribution in [0.1, 0.15) is 0 Å². The van der Waals surface area contributed by atoms with Crippen molar-refractivity contribution in [2.45, 2.75) is 0 Å². The molecule has 0 aromatic heterocycles. The quantitative estimate of drug-likeness (QED) is 0.531. The second-order valence-electron chi connectivity index (χ2n) is 1.39. The zero-order chi connectivity index (χ0) is 7.40. The number of hydrogen-bond acceptors (Lipinski definition) is 4. The van der Waals surface area contributed by atoms with Gasteiger partial charge in [-0.05, 0) is 0 Å². The van der Waals surface area contributed by atoms with Gasteiger partial charge in [-0.25, -0.2) is 9.79 Å². The third-order valence-electron chi connectivity index (χ3n) is 0.738. The molecule has 0 saturated carbocycles. The average Bonchev–Trinajstić information content (AvgIpc) is 2.40. The first-order valence-electron chi connectivity index (χ1n) is 2.90. The van der Waals surface area contributed by atoms with Crippen LogP contribution in [0.15, 0.2) is 4.99 Å². The summed E-state index contributed by atoms with van der Waals surface area (Å²) in [6.07, 6.45) is -0.784. The third kappa shape index (κ3) is 1.93. The molecular formula is C4H6N2O2S. The smallest absolute Gasteiger partial charge is 0.385 e. The Kier molecular flexibility index (Phi) is 1.55. The van der Waals surface area contributed by atoms with Crippen LogP contribution in [0.2, 0.25) is 1.41 Å². The number of nitrogens with two attached hydrogens (primary N) is 1. The van der Waals surface area contributed by atoms with E-state index in [1.807, 2.05) is 0 Å². The summed E-state index contributed by atoms with van der Waals surface area (Å²) >= 11 is 1.37. The van der Waals surface area contributed by atoms with Gasteiger partial charge in [-0.3, -0.25) is 0 Å². The lowest BCUT2D eigenvalue weighted by molar-refractivity contribution is 0.209. The van der Waals surface area contributed by atoms with E-state index in [9.17, 15) is 4.79 Å². The summed E-state index contributed by atoms with van der Waals surface area (Å²) in [4.78, 5) is 14.2. The van der Waals surface area contributed by atoms with Crippen LogP contribution >= 0.6 is 11.8 Å². The highest BCUT2D eigenvalue weighted by molar-refractivity contribution is 8.13. The number of carbonyl (C=O) groups is 1. The van der Waals surface area contributed by atoms with Crippen LogP contribution in [0.4, 0.5) is 4.79 Å². The zero-order valence-corrected chi connectivity index (χ0v) is 5.40. The van der Waals surface area contributed by atoms with Gasteiger partial charge in [-0.15, -0.1) is 0 Å². The van der Waals surface area contributed by atoms with E-state index in [0.717, 1.165) is 5.75 Å². The molecule has 1 rings (SSSR count). The molecule has 9 heavy (non-hydrogen) atoms. The summed E-state index contributed by atoms with van der Waals surface area (Å²) in [5, 5.41) is 0.352. The second kappa shape index (κ2) is 2.72. The van der Waals surface area contributed by atoms with Gasteiger partial charge in [0.25, 0.3) is 5.23 Å². The summed E-state index contributed by atoms with van der Waals surface area (Å²) in [7, 11) is 0. The number of hydrogen-bond donors (Lipinski definition) is 1. The number of ether oxygens (including phenoxy) is 1. The summed E-state index contributed by atoms with van der Waals surface area (Å²) in [6.45, 7) is 0.686. The van der Waals surface area contributed by atoms with E-state index in [1.165, 1.54) is 11.8 Å². The van der Waals surface area contributed by atoms with E-state index in [4.69, 9.17) is 1.41 Å². The predicted molar refractivity (Wildman–Crippen MR) is 35.4 cm³/mol. The van der Waals surface area contributed by atoms with Crippen molar-refractivity contribution in [3.63, 3.8) is 0 Å². The minimum absolute atomic E-state index is 0.352.